The Morgan fingerprint density at radius 2 is 1.96 bits per heavy atom. The molecule has 0 aromatic carbocycles. The van der Waals surface area contributed by atoms with E-state index >= 15 is 0 Å². The predicted molar refractivity (Wildman–Crippen MR) is 106 cm³/mol. The average Bonchev–Trinajstić information content (AvgIpc) is 3.24. The van der Waals surface area contributed by atoms with Crippen LogP contribution in [0.3, 0.4) is 0 Å². The number of nitrogens with zero attached hydrogens (tertiary/aromatic N) is 5. The number of imidazole rings is 1. The molecule has 0 atom stereocenters. The number of fused-ring (bicyclic) bond motifs is 1. The highest BCUT2D eigenvalue weighted by atomic mass is 32.2. The third kappa shape index (κ3) is 4.13. The molecular weight excluding hydrogens is 388 g/mol. The maximum Gasteiger partial charge on any atom is 0.330 e. The molecule has 9 nitrogen and oxygen atoms in total. The minimum atomic E-state index is -0.417. The van der Waals surface area contributed by atoms with Crippen molar-refractivity contribution in [3.63, 3.8) is 0 Å². The molecule has 3 heterocycles. The number of H-pyrrole nitrogens is 1. The zero-order valence-electron chi connectivity index (χ0n) is 15.5. The quantitative estimate of drug-likeness (QED) is 0.535. The van der Waals surface area contributed by atoms with Gasteiger partial charge in [0, 0.05) is 13.1 Å². The molecule has 0 radical (unpaired) electrons. The van der Waals surface area contributed by atoms with E-state index in [4.69, 9.17) is 4.42 Å². The van der Waals surface area contributed by atoms with Crippen LogP contribution in [-0.2, 0) is 24.6 Å². The molecule has 0 bridgehead atoms. The summed E-state index contributed by atoms with van der Waals surface area (Å²) in [5, 5.41) is 8.48. The van der Waals surface area contributed by atoms with Crippen molar-refractivity contribution < 1.29 is 4.42 Å². The number of hydrogen-bond acceptors (Lipinski definition) is 8. The van der Waals surface area contributed by atoms with Gasteiger partial charge in [-0.3, -0.25) is 14.3 Å². The summed E-state index contributed by atoms with van der Waals surface area (Å²) in [6, 6.07) is 0. The summed E-state index contributed by atoms with van der Waals surface area (Å²) in [6.07, 6.45) is 3.75. The van der Waals surface area contributed by atoms with Crippen LogP contribution in [0, 0.1) is 0 Å². The van der Waals surface area contributed by atoms with Gasteiger partial charge < -0.3 is 8.98 Å². The summed E-state index contributed by atoms with van der Waals surface area (Å²) >= 11 is 2.98. The Hall–Kier alpha value is -2.01. The molecule has 3 rings (SSSR count). The largest absolute Gasteiger partial charge is 0.415 e. The molecule has 0 aliphatic heterocycles. The van der Waals surface area contributed by atoms with Crippen LogP contribution in [-0.4, -0.2) is 35.6 Å². The van der Waals surface area contributed by atoms with E-state index in [1.165, 1.54) is 11.8 Å². The first kappa shape index (κ1) is 19.7. The lowest BCUT2D eigenvalue weighted by atomic mass is 10.3. The van der Waals surface area contributed by atoms with Crippen LogP contribution in [0.15, 0.2) is 19.2 Å². The minimum Gasteiger partial charge on any atom is -0.415 e. The molecule has 0 unspecified atom stereocenters. The van der Waals surface area contributed by atoms with Gasteiger partial charge in [-0.2, -0.15) is 11.8 Å². The van der Waals surface area contributed by atoms with Crippen LogP contribution in [0.4, 0.5) is 0 Å². The van der Waals surface area contributed by atoms with E-state index in [0.717, 1.165) is 12.8 Å². The van der Waals surface area contributed by atoms with Crippen LogP contribution in [0.5, 0.6) is 0 Å². The molecule has 0 fully saturated rings. The monoisotopic (exact) mass is 410 g/mol. The van der Waals surface area contributed by atoms with E-state index in [0.29, 0.717) is 52.7 Å². The molecule has 27 heavy (non-hydrogen) atoms. The average molecular weight is 411 g/mol. The number of nitrogens with one attached hydrogen (secondary N) is 1. The lowest BCUT2D eigenvalue weighted by Crippen LogP contribution is -2.31. The smallest absolute Gasteiger partial charge is 0.330 e. The van der Waals surface area contributed by atoms with Crippen molar-refractivity contribution >= 4 is 34.7 Å². The third-order valence-electron chi connectivity index (χ3n) is 4.06. The molecule has 0 aliphatic rings. The molecule has 3 aromatic rings. The number of aromatic amines is 1. The van der Waals surface area contributed by atoms with E-state index in [1.54, 1.807) is 16.3 Å². The molecule has 0 aliphatic carbocycles. The van der Waals surface area contributed by atoms with Crippen molar-refractivity contribution in [1.29, 1.82) is 0 Å². The Bertz CT molecular complexity index is 1040. The first-order valence-corrected chi connectivity index (χ1v) is 11.1. The molecule has 146 valence electrons. The van der Waals surface area contributed by atoms with Gasteiger partial charge in [0.25, 0.3) is 10.8 Å². The van der Waals surface area contributed by atoms with Crippen molar-refractivity contribution in [3.8, 4) is 0 Å². The molecule has 3 aromatic heterocycles. The lowest BCUT2D eigenvalue weighted by Gasteiger charge is -2.06. The summed E-state index contributed by atoms with van der Waals surface area (Å²) < 4.78 is 8.95. The van der Waals surface area contributed by atoms with Crippen LogP contribution < -0.4 is 11.2 Å². The Morgan fingerprint density at radius 1 is 1.15 bits per heavy atom. The highest BCUT2D eigenvalue weighted by Crippen LogP contribution is 2.23. The van der Waals surface area contributed by atoms with Crippen LogP contribution in [0.2, 0.25) is 0 Å². The standard InChI is InChI=1S/C16H22N6O3S2/c1-4-6-7-22-13-12(14(23)18-15(22)24)21(5-2)10(17-13)8-27-16-20-19-11(25-16)9-26-3/h4-9H2,1-3H3,(H,18,23,24). The Kier molecular flexibility index (Phi) is 6.42. The van der Waals surface area contributed by atoms with E-state index in [1.807, 2.05) is 17.7 Å². The summed E-state index contributed by atoms with van der Waals surface area (Å²) in [5.74, 6) is 2.41. The van der Waals surface area contributed by atoms with Crippen molar-refractivity contribution in [2.75, 3.05) is 6.26 Å². The number of hydrogen-bond donors (Lipinski definition) is 1. The minimum absolute atomic E-state index is 0.409. The fourth-order valence-electron chi connectivity index (χ4n) is 2.80. The first-order chi connectivity index (χ1) is 13.1. The van der Waals surface area contributed by atoms with Crippen LogP contribution in [0.1, 0.15) is 38.4 Å². The Labute approximate surface area is 164 Å². The first-order valence-electron chi connectivity index (χ1n) is 8.75. The van der Waals surface area contributed by atoms with Crippen molar-refractivity contribution in [1.82, 2.24) is 29.3 Å². The van der Waals surface area contributed by atoms with Crippen LogP contribution >= 0.6 is 23.5 Å². The highest BCUT2D eigenvalue weighted by Gasteiger charge is 2.18. The highest BCUT2D eigenvalue weighted by molar-refractivity contribution is 7.98. The molecule has 0 saturated carbocycles. The van der Waals surface area contributed by atoms with Gasteiger partial charge in [0.05, 0.1) is 11.5 Å². The summed E-state index contributed by atoms with van der Waals surface area (Å²) in [4.78, 5) is 31.6. The fourth-order valence-corrected chi connectivity index (χ4v) is 3.89. The number of aryl methyl sites for hydroxylation is 2. The SMILES string of the molecule is CCCCn1c(=O)[nH]c(=O)c2c1nc(CSc1nnc(CSC)o1)n2CC. The lowest BCUT2D eigenvalue weighted by molar-refractivity contribution is 0.426. The second kappa shape index (κ2) is 8.79. The van der Waals surface area contributed by atoms with E-state index in [-0.39, 0.29) is 0 Å². The van der Waals surface area contributed by atoms with E-state index in [9.17, 15) is 9.59 Å². The fraction of sp³-hybridized carbons (Fsp3) is 0.562. The van der Waals surface area contributed by atoms with Gasteiger partial charge in [-0.15, -0.1) is 10.2 Å². The van der Waals surface area contributed by atoms with Crippen LogP contribution in [0.25, 0.3) is 11.2 Å². The van der Waals surface area contributed by atoms with Gasteiger partial charge >= 0.3 is 5.69 Å². The van der Waals surface area contributed by atoms with Crippen molar-refractivity contribution in [2.24, 2.45) is 0 Å². The second-order valence-corrected chi connectivity index (χ2v) is 7.68. The number of unbranched alkanes of at least 4 members (excludes halogenated alkanes) is 1. The van der Waals surface area contributed by atoms with Gasteiger partial charge in [-0.1, -0.05) is 25.1 Å². The third-order valence-corrected chi connectivity index (χ3v) is 5.41. The Balaban J connectivity index is 1.96. The maximum atomic E-state index is 12.4. The molecule has 1 N–H and O–H groups in total. The summed E-state index contributed by atoms with van der Waals surface area (Å²) in [5.41, 5.74) is 0.0357. The number of thioether (sulfide) groups is 2. The predicted octanol–water partition coefficient (Wildman–Crippen LogP) is 2.24. The summed E-state index contributed by atoms with van der Waals surface area (Å²) in [7, 11) is 0. The van der Waals surface area contributed by atoms with Gasteiger partial charge in [0.1, 0.15) is 5.82 Å². The molecule has 11 heteroatoms. The maximum absolute atomic E-state index is 12.4. The zero-order chi connectivity index (χ0) is 19.4. The molecular formula is C16H22N6O3S2. The van der Waals surface area contributed by atoms with Crippen molar-refractivity contribution in [3.05, 3.63) is 32.6 Å². The topological polar surface area (TPSA) is 112 Å². The number of rotatable bonds is 9. The van der Waals surface area contributed by atoms with E-state index < -0.39 is 11.2 Å². The number of aromatic nitrogens is 6. The normalized spacial score (nSPS) is 11.5. The molecule has 0 spiro atoms. The van der Waals surface area contributed by atoms with Gasteiger partial charge in [0.2, 0.25) is 5.89 Å². The van der Waals surface area contributed by atoms with Gasteiger partial charge in [0.15, 0.2) is 11.2 Å². The summed E-state index contributed by atoms with van der Waals surface area (Å²) in [6.45, 7) is 5.09. The van der Waals surface area contributed by atoms with Gasteiger partial charge in [-0.05, 0) is 19.6 Å². The Morgan fingerprint density at radius 3 is 2.67 bits per heavy atom. The van der Waals surface area contributed by atoms with Gasteiger partial charge in [-0.25, -0.2) is 9.78 Å². The van der Waals surface area contributed by atoms with E-state index in [2.05, 4.69) is 27.1 Å². The second-order valence-electron chi connectivity index (χ2n) is 5.89. The molecule has 0 amide bonds. The molecule has 0 saturated heterocycles. The van der Waals surface area contributed by atoms with Crippen molar-refractivity contribution in [2.45, 2.75) is 56.5 Å². The zero-order valence-corrected chi connectivity index (χ0v) is 17.2.